The molecule has 7 heteroatoms. The molecule has 0 aliphatic heterocycles. The molecule has 5 aromatic rings. The predicted octanol–water partition coefficient (Wildman–Crippen LogP) is 5.93. The summed E-state index contributed by atoms with van der Waals surface area (Å²) in [6, 6.07) is 22.2. The predicted molar refractivity (Wildman–Crippen MR) is 149 cm³/mol. The number of hydrogen-bond acceptors (Lipinski definition) is 6. The molecule has 1 aliphatic rings. The topological polar surface area (TPSA) is 92.3 Å². The molecule has 192 valence electrons. The fraction of sp³-hybridized carbons (Fsp3) is 0.258. The third kappa shape index (κ3) is 4.79. The summed E-state index contributed by atoms with van der Waals surface area (Å²) < 4.78 is 13.5. The van der Waals surface area contributed by atoms with Crippen LogP contribution >= 0.6 is 0 Å². The van der Waals surface area contributed by atoms with Crippen molar-refractivity contribution >= 4 is 33.5 Å². The minimum Gasteiger partial charge on any atom is -0.487 e. The quantitative estimate of drug-likeness (QED) is 0.249. The van der Waals surface area contributed by atoms with Crippen molar-refractivity contribution in [3.8, 4) is 16.9 Å². The van der Waals surface area contributed by atoms with Crippen LogP contribution in [0.1, 0.15) is 31.0 Å². The van der Waals surface area contributed by atoms with Crippen LogP contribution in [0.4, 0.5) is 5.82 Å². The largest absolute Gasteiger partial charge is 0.487 e. The number of nitrogen functional groups attached to an aromatic ring is 1. The maximum Gasteiger partial charge on any atom is 0.310 e. The summed E-state index contributed by atoms with van der Waals surface area (Å²) in [5.74, 6) is 1.61. The second kappa shape index (κ2) is 10.2. The van der Waals surface area contributed by atoms with Crippen LogP contribution in [0.15, 0.2) is 72.9 Å². The highest BCUT2D eigenvalue weighted by molar-refractivity contribution is 6.02. The van der Waals surface area contributed by atoms with Gasteiger partial charge in [-0.05, 0) is 66.5 Å². The number of hydrogen-bond donors (Lipinski definition) is 1. The highest BCUT2D eigenvalue weighted by Crippen LogP contribution is 2.35. The second-order valence-corrected chi connectivity index (χ2v) is 9.78. The summed E-state index contributed by atoms with van der Waals surface area (Å²) in [5.41, 5.74) is 11.1. The summed E-state index contributed by atoms with van der Waals surface area (Å²) in [5, 5.41) is 8.05. The summed E-state index contributed by atoms with van der Waals surface area (Å²) in [6.07, 6.45) is 4.42. The minimum absolute atomic E-state index is 0.171. The van der Waals surface area contributed by atoms with Crippen LogP contribution in [0, 0.1) is 5.92 Å². The number of nitrogens with two attached hydrogens (primary N) is 1. The number of rotatable bonds is 9. The Bertz CT molecular complexity index is 1640. The van der Waals surface area contributed by atoms with E-state index in [1.54, 1.807) is 6.20 Å². The van der Waals surface area contributed by atoms with Crippen molar-refractivity contribution < 1.29 is 14.3 Å². The average molecular weight is 507 g/mol. The fourth-order valence-corrected chi connectivity index (χ4v) is 4.99. The van der Waals surface area contributed by atoms with Gasteiger partial charge in [-0.15, -0.1) is 0 Å². The van der Waals surface area contributed by atoms with E-state index in [2.05, 4.69) is 33.9 Å². The average Bonchev–Trinajstić information content (AvgIpc) is 3.68. The Labute approximate surface area is 221 Å². The van der Waals surface area contributed by atoms with Crippen LogP contribution in [-0.4, -0.2) is 27.3 Å². The number of esters is 1. The molecule has 0 radical (unpaired) electrons. The van der Waals surface area contributed by atoms with Gasteiger partial charge in [0.05, 0.1) is 18.5 Å². The summed E-state index contributed by atoms with van der Waals surface area (Å²) in [7, 11) is 0. The summed E-state index contributed by atoms with van der Waals surface area (Å²) >= 11 is 0. The van der Waals surface area contributed by atoms with Crippen LogP contribution < -0.4 is 10.5 Å². The first-order valence-corrected chi connectivity index (χ1v) is 13.1. The van der Waals surface area contributed by atoms with E-state index in [0.29, 0.717) is 30.7 Å². The van der Waals surface area contributed by atoms with Gasteiger partial charge < -0.3 is 15.2 Å². The molecule has 2 N–H and O–H groups in total. The first-order chi connectivity index (χ1) is 18.6. The number of carbonyl (C=O) groups is 1. The van der Waals surface area contributed by atoms with E-state index in [1.165, 1.54) is 12.8 Å². The monoisotopic (exact) mass is 506 g/mol. The zero-order valence-electron chi connectivity index (χ0n) is 21.4. The van der Waals surface area contributed by atoms with Gasteiger partial charge in [-0.25, -0.2) is 4.98 Å². The van der Waals surface area contributed by atoms with Crippen molar-refractivity contribution in [2.45, 2.75) is 39.3 Å². The third-order valence-electron chi connectivity index (χ3n) is 7.08. The van der Waals surface area contributed by atoms with Crippen LogP contribution in [-0.2, 0) is 29.1 Å². The number of benzene rings is 3. The maximum atomic E-state index is 12.1. The molecule has 6 rings (SSSR count). The summed E-state index contributed by atoms with van der Waals surface area (Å²) in [4.78, 5) is 16.4. The van der Waals surface area contributed by atoms with Crippen LogP contribution in [0.2, 0.25) is 0 Å². The second-order valence-electron chi connectivity index (χ2n) is 9.78. The van der Waals surface area contributed by atoms with E-state index in [4.69, 9.17) is 20.3 Å². The first-order valence-electron chi connectivity index (χ1n) is 13.1. The SMILES string of the molecule is CCOC(=O)Cc1ccccc1OCc1nn(CC2CC2)c2ccc(-c3cccc4c(N)nccc34)cc12. The van der Waals surface area contributed by atoms with Crippen molar-refractivity contribution in [3.05, 3.63) is 84.2 Å². The maximum absolute atomic E-state index is 12.1. The normalized spacial score (nSPS) is 13.2. The number of anilines is 1. The Balaban J connectivity index is 1.37. The van der Waals surface area contributed by atoms with E-state index in [9.17, 15) is 4.79 Å². The minimum atomic E-state index is -0.265. The van der Waals surface area contributed by atoms with Gasteiger partial charge in [0.1, 0.15) is 23.9 Å². The van der Waals surface area contributed by atoms with Crippen LogP contribution in [0.5, 0.6) is 5.75 Å². The Kier molecular flexibility index (Phi) is 6.42. The lowest BCUT2D eigenvalue weighted by atomic mass is 9.97. The van der Waals surface area contributed by atoms with Crippen molar-refractivity contribution in [1.82, 2.24) is 14.8 Å². The van der Waals surface area contributed by atoms with Gasteiger partial charge in [-0.2, -0.15) is 5.10 Å². The third-order valence-corrected chi connectivity index (χ3v) is 7.08. The molecule has 38 heavy (non-hydrogen) atoms. The molecule has 1 aliphatic carbocycles. The smallest absolute Gasteiger partial charge is 0.310 e. The van der Waals surface area contributed by atoms with E-state index in [0.717, 1.165) is 50.6 Å². The zero-order chi connectivity index (χ0) is 26.1. The molecular formula is C31H30N4O3. The van der Waals surface area contributed by atoms with Gasteiger partial charge in [-0.1, -0.05) is 42.5 Å². The van der Waals surface area contributed by atoms with Crippen molar-refractivity contribution in [2.75, 3.05) is 12.3 Å². The number of ether oxygens (including phenoxy) is 2. The van der Waals surface area contributed by atoms with Crippen LogP contribution in [0.25, 0.3) is 32.8 Å². The number of pyridine rings is 1. The molecule has 0 spiro atoms. The molecule has 2 aromatic heterocycles. The first kappa shape index (κ1) is 24.0. The highest BCUT2D eigenvalue weighted by Gasteiger charge is 2.24. The number of fused-ring (bicyclic) bond motifs is 2. The molecule has 3 aromatic carbocycles. The van der Waals surface area contributed by atoms with E-state index in [-0.39, 0.29) is 12.4 Å². The van der Waals surface area contributed by atoms with Gasteiger partial charge in [0.2, 0.25) is 0 Å². The Morgan fingerprint density at radius 3 is 2.74 bits per heavy atom. The Morgan fingerprint density at radius 2 is 1.89 bits per heavy atom. The van der Waals surface area contributed by atoms with E-state index < -0.39 is 0 Å². The molecule has 0 atom stereocenters. The summed E-state index contributed by atoms with van der Waals surface area (Å²) in [6.45, 7) is 3.37. The van der Waals surface area contributed by atoms with Gasteiger partial charge in [-0.3, -0.25) is 9.48 Å². The standard InChI is InChI=1S/C31H30N4O3/c1-2-37-30(36)17-22-6-3-4-9-29(22)38-19-27-26-16-21(12-13-28(26)35(34-27)18-20-10-11-20)23-7-5-8-25-24(23)14-15-33-31(25)32/h3-9,12-16,20H,2,10-11,17-19H2,1H3,(H2,32,33). The molecule has 0 amide bonds. The van der Waals surface area contributed by atoms with E-state index >= 15 is 0 Å². The number of nitrogens with zero attached hydrogens (tertiary/aromatic N) is 3. The van der Waals surface area contributed by atoms with Gasteiger partial charge in [0.25, 0.3) is 0 Å². The molecule has 0 saturated heterocycles. The molecule has 2 heterocycles. The molecular weight excluding hydrogens is 476 g/mol. The van der Waals surface area contributed by atoms with Gasteiger partial charge in [0.15, 0.2) is 0 Å². The van der Waals surface area contributed by atoms with Crippen molar-refractivity contribution in [1.29, 1.82) is 0 Å². The van der Waals surface area contributed by atoms with Crippen LogP contribution in [0.3, 0.4) is 0 Å². The lowest BCUT2D eigenvalue weighted by Crippen LogP contribution is -2.09. The van der Waals surface area contributed by atoms with E-state index in [1.807, 2.05) is 49.4 Å². The molecule has 0 bridgehead atoms. The molecule has 1 fully saturated rings. The fourth-order valence-electron chi connectivity index (χ4n) is 4.99. The number of carbonyl (C=O) groups excluding carboxylic acids is 1. The van der Waals surface area contributed by atoms with Crippen molar-refractivity contribution in [3.63, 3.8) is 0 Å². The highest BCUT2D eigenvalue weighted by atomic mass is 16.5. The molecule has 7 nitrogen and oxygen atoms in total. The van der Waals surface area contributed by atoms with Gasteiger partial charge in [0, 0.05) is 29.1 Å². The number of para-hydroxylation sites is 1. The Morgan fingerprint density at radius 1 is 1.03 bits per heavy atom. The Hall–Kier alpha value is -4.39. The number of aromatic nitrogens is 3. The zero-order valence-corrected chi connectivity index (χ0v) is 21.4. The van der Waals surface area contributed by atoms with Gasteiger partial charge >= 0.3 is 5.97 Å². The van der Waals surface area contributed by atoms with Crippen molar-refractivity contribution in [2.24, 2.45) is 5.92 Å². The lowest BCUT2D eigenvalue weighted by molar-refractivity contribution is -0.142. The lowest BCUT2D eigenvalue weighted by Gasteiger charge is -2.11. The molecule has 1 saturated carbocycles. The molecule has 0 unspecified atom stereocenters.